The number of fused-ring (bicyclic) bond motifs is 1. The molecule has 2 aromatic carbocycles. The summed E-state index contributed by atoms with van der Waals surface area (Å²) in [6.07, 6.45) is 3.36. The summed E-state index contributed by atoms with van der Waals surface area (Å²) in [5.74, 6) is 0.841. The van der Waals surface area contributed by atoms with Gasteiger partial charge in [-0.15, -0.1) is 24.8 Å². The van der Waals surface area contributed by atoms with E-state index in [2.05, 4.69) is 5.32 Å². The summed E-state index contributed by atoms with van der Waals surface area (Å²) in [5.41, 5.74) is 3.52. The molecule has 1 N–H and O–H groups in total. The van der Waals surface area contributed by atoms with E-state index in [0.717, 1.165) is 60.2 Å². The van der Waals surface area contributed by atoms with Gasteiger partial charge < -0.3 is 10.2 Å². The molecule has 1 saturated heterocycles. The first-order valence-electron chi connectivity index (χ1n) is 10.2. The van der Waals surface area contributed by atoms with Gasteiger partial charge in [-0.2, -0.15) is 0 Å². The Morgan fingerprint density at radius 1 is 1.03 bits per heavy atom. The number of aromatic nitrogens is 1. The number of pyridine rings is 1. The van der Waals surface area contributed by atoms with Crippen LogP contribution in [0.1, 0.15) is 29.6 Å². The quantitative estimate of drug-likeness (QED) is 0.586. The van der Waals surface area contributed by atoms with Crippen LogP contribution in [0.25, 0.3) is 22.2 Å². The number of nitrogens with one attached hydrogen (secondary N) is 1. The summed E-state index contributed by atoms with van der Waals surface area (Å²) in [5, 5.41) is 4.16. The van der Waals surface area contributed by atoms with Crippen molar-refractivity contribution >= 4 is 41.6 Å². The second-order valence-corrected chi connectivity index (χ2v) is 7.57. The number of hydrogen-bond donors (Lipinski definition) is 1. The Morgan fingerprint density at radius 3 is 2.40 bits per heavy atom. The number of amides is 1. The third kappa shape index (κ3) is 5.31. The van der Waals surface area contributed by atoms with Crippen molar-refractivity contribution in [3.63, 3.8) is 0 Å². The normalized spacial score (nSPS) is 14.1. The molecule has 1 fully saturated rings. The SMILES string of the molecule is CNCCC1CCN(C(=O)c2cc(-c3ccccc3)nc3ccccc23)CC1.Cl.Cl. The lowest BCUT2D eigenvalue weighted by Gasteiger charge is -2.32. The largest absolute Gasteiger partial charge is 0.339 e. The van der Waals surface area contributed by atoms with E-state index in [1.165, 1.54) is 6.42 Å². The van der Waals surface area contributed by atoms with Crippen LogP contribution < -0.4 is 5.32 Å². The average molecular weight is 446 g/mol. The van der Waals surface area contributed by atoms with Crippen LogP contribution in [0.3, 0.4) is 0 Å². The number of benzene rings is 2. The molecule has 1 aliphatic rings. The van der Waals surface area contributed by atoms with Gasteiger partial charge in [-0.05, 0) is 50.9 Å². The van der Waals surface area contributed by atoms with Crippen LogP contribution in [0.5, 0.6) is 0 Å². The molecule has 2 heterocycles. The van der Waals surface area contributed by atoms with Gasteiger partial charge in [0, 0.05) is 24.0 Å². The summed E-state index contributed by atoms with van der Waals surface area (Å²) < 4.78 is 0. The fraction of sp³-hybridized carbons (Fsp3) is 0.333. The zero-order valence-corrected chi connectivity index (χ0v) is 18.8. The Hall–Kier alpha value is -2.14. The number of rotatable bonds is 5. The molecule has 4 rings (SSSR count). The van der Waals surface area contributed by atoms with Crippen molar-refractivity contribution in [3.05, 3.63) is 66.2 Å². The van der Waals surface area contributed by atoms with E-state index in [1.807, 2.05) is 72.6 Å². The minimum Gasteiger partial charge on any atom is -0.339 e. The number of piperidine rings is 1. The van der Waals surface area contributed by atoms with E-state index in [4.69, 9.17) is 4.98 Å². The predicted molar refractivity (Wildman–Crippen MR) is 129 cm³/mol. The predicted octanol–water partition coefficient (Wildman–Crippen LogP) is 5.21. The van der Waals surface area contributed by atoms with Gasteiger partial charge in [0.1, 0.15) is 0 Å². The highest BCUT2D eigenvalue weighted by atomic mass is 35.5. The van der Waals surface area contributed by atoms with E-state index in [0.29, 0.717) is 5.92 Å². The fourth-order valence-corrected chi connectivity index (χ4v) is 4.05. The number of hydrogen-bond acceptors (Lipinski definition) is 3. The van der Waals surface area contributed by atoms with Gasteiger partial charge >= 0.3 is 0 Å². The van der Waals surface area contributed by atoms with Crippen molar-refractivity contribution in [2.45, 2.75) is 19.3 Å². The topological polar surface area (TPSA) is 45.2 Å². The highest BCUT2D eigenvalue weighted by molar-refractivity contribution is 6.07. The van der Waals surface area contributed by atoms with Crippen LogP contribution in [-0.2, 0) is 0 Å². The van der Waals surface area contributed by atoms with E-state index < -0.39 is 0 Å². The number of para-hydroxylation sites is 1. The smallest absolute Gasteiger partial charge is 0.254 e. The Kier molecular flexibility index (Phi) is 9.09. The monoisotopic (exact) mass is 445 g/mol. The molecule has 1 aromatic heterocycles. The third-order valence-electron chi connectivity index (χ3n) is 5.72. The molecule has 0 radical (unpaired) electrons. The lowest BCUT2D eigenvalue weighted by atomic mass is 9.93. The number of nitrogens with zero attached hydrogens (tertiary/aromatic N) is 2. The Morgan fingerprint density at radius 2 is 1.70 bits per heavy atom. The second kappa shape index (κ2) is 11.3. The molecule has 0 aliphatic carbocycles. The van der Waals surface area contributed by atoms with Gasteiger partial charge in [-0.25, -0.2) is 4.98 Å². The molecule has 1 amide bonds. The van der Waals surface area contributed by atoms with Gasteiger partial charge in [0.25, 0.3) is 5.91 Å². The summed E-state index contributed by atoms with van der Waals surface area (Å²) in [4.78, 5) is 20.2. The van der Waals surface area contributed by atoms with E-state index in [9.17, 15) is 4.79 Å². The van der Waals surface area contributed by atoms with Gasteiger partial charge in [0.2, 0.25) is 0 Å². The summed E-state index contributed by atoms with van der Waals surface area (Å²) in [6.45, 7) is 2.73. The third-order valence-corrected chi connectivity index (χ3v) is 5.72. The zero-order valence-electron chi connectivity index (χ0n) is 17.2. The van der Waals surface area contributed by atoms with Crippen LogP contribution >= 0.6 is 24.8 Å². The van der Waals surface area contributed by atoms with E-state index >= 15 is 0 Å². The molecule has 6 heteroatoms. The van der Waals surface area contributed by atoms with Crippen LogP contribution in [0.15, 0.2) is 60.7 Å². The van der Waals surface area contributed by atoms with Crippen molar-refractivity contribution in [2.24, 2.45) is 5.92 Å². The Balaban J connectivity index is 0.00000160. The highest BCUT2D eigenvalue weighted by Gasteiger charge is 2.25. The molecule has 0 saturated carbocycles. The van der Waals surface area contributed by atoms with Gasteiger partial charge in [-0.1, -0.05) is 48.5 Å². The lowest BCUT2D eigenvalue weighted by Crippen LogP contribution is -2.39. The van der Waals surface area contributed by atoms with Crippen LogP contribution in [0.2, 0.25) is 0 Å². The van der Waals surface area contributed by atoms with Gasteiger partial charge in [0.05, 0.1) is 16.8 Å². The maximum absolute atomic E-state index is 13.4. The molecule has 4 nitrogen and oxygen atoms in total. The fourth-order valence-electron chi connectivity index (χ4n) is 4.05. The van der Waals surface area contributed by atoms with Crippen molar-refractivity contribution in [2.75, 3.05) is 26.7 Å². The summed E-state index contributed by atoms with van der Waals surface area (Å²) in [7, 11) is 2.00. The number of likely N-dealkylation sites (tertiary alicyclic amines) is 1. The second-order valence-electron chi connectivity index (χ2n) is 7.57. The molecule has 0 spiro atoms. The Labute approximate surface area is 190 Å². The molecule has 3 aromatic rings. The maximum Gasteiger partial charge on any atom is 0.254 e. The lowest BCUT2D eigenvalue weighted by molar-refractivity contribution is 0.0689. The van der Waals surface area contributed by atoms with Crippen LogP contribution in [0, 0.1) is 5.92 Å². The van der Waals surface area contributed by atoms with Gasteiger partial charge in [0.15, 0.2) is 0 Å². The molecular weight excluding hydrogens is 417 g/mol. The van der Waals surface area contributed by atoms with Crippen molar-refractivity contribution in [1.82, 2.24) is 15.2 Å². The van der Waals surface area contributed by atoms with Crippen LogP contribution in [0.4, 0.5) is 0 Å². The maximum atomic E-state index is 13.4. The zero-order chi connectivity index (χ0) is 19.3. The minimum absolute atomic E-state index is 0. The Bertz CT molecular complexity index is 957. The van der Waals surface area contributed by atoms with Crippen molar-refractivity contribution in [3.8, 4) is 11.3 Å². The van der Waals surface area contributed by atoms with Crippen molar-refractivity contribution in [1.29, 1.82) is 0 Å². The molecule has 1 aliphatic heterocycles. The molecule has 0 atom stereocenters. The number of carbonyl (C=O) groups excluding carboxylic acids is 1. The summed E-state index contributed by atoms with van der Waals surface area (Å²) in [6, 6.07) is 20.0. The molecule has 0 bridgehead atoms. The molecule has 160 valence electrons. The molecular formula is C24H29Cl2N3O. The first kappa shape index (κ1) is 24.1. The van der Waals surface area contributed by atoms with Crippen LogP contribution in [-0.4, -0.2) is 42.5 Å². The van der Waals surface area contributed by atoms with E-state index in [1.54, 1.807) is 0 Å². The number of halogens is 2. The van der Waals surface area contributed by atoms with Crippen molar-refractivity contribution < 1.29 is 4.79 Å². The standard InChI is InChI=1S/C24H27N3O.2ClH/c1-25-14-11-18-12-15-27(16-13-18)24(28)21-17-23(19-7-3-2-4-8-19)26-22-10-6-5-9-20(21)22;;/h2-10,17-18,25H,11-16H2,1H3;2*1H. The number of carbonyl (C=O) groups is 1. The highest BCUT2D eigenvalue weighted by Crippen LogP contribution is 2.27. The molecule has 30 heavy (non-hydrogen) atoms. The van der Waals surface area contributed by atoms with E-state index in [-0.39, 0.29) is 30.7 Å². The summed E-state index contributed by atoms with van der Waals surface area (Å²) >= 11 is 0. The first-order chi connectivity index (χ1) is 13.8. The van der Waals surface area contributed by atoms with Gasteiger partial charge in [-0.3, -0.25) is 4.79 Å². The molecule has 0 unspecified atom stereocenters. The average Bonchev–Trinajstić information content (AvgIpc) is 2.77. The minimum atomic E-state index is 0. The first-order valence-corrected chi connectivity index (χ1v) is 10.2.